The van der Waals surface area contributed by atoms with E-state index < -0.39 is 16.0 Å². The molecule has 0 radical (unpaired) electrons. The van der Waals surface area contributed by atoms with Crippen LogP contribution in [0.4, 0.5) is 0 Å². The molecule has 0 atom stereocenters. The fourth-order valence-corrected chi connectivity index (χ4v) is 3.38. The summed E-state index contributed by atoms with van der Waals surface area (Å²) in [5.41, 5.74) is 2.74. The molecule has 0 aliphatic rings. The van der Waals surface area contributed by atoms with E-state index >= 15 is 0 Å². The normalized spacial score (nSPS) is 11.3. The summed E-state index contributed by atoms with van der Waals surface area (Å²) in [7, 11) is -2.47. The number of hydrogen-bond acceptors (Lipinski definition) is 4. The molecule has 2 rings (SSSR count). The number of esters is 1. The van der Waals surface area contributed by atoms with Crippen molar-refractivity contribution >= 4 is 16.0 Å². The van der Waals surface area contributed by atoms with Gasteiger partial charge in [-0.3, -0.25) is 0 Å². The third-order valence-corrected chi connectivity index (χ3v) is 5.03. The number of nitrogens with one attached hydrogen (secondary N) is 1. The Labute approximate surface area is 136 Å². The highest BCUT2D eigenvalue weighted by Crippen LogP contribution is 2.18. The molecule has 0 aliphatic heterocycles. The van der Waals surface area contributed by atoms with Crippen LogP contribution in [0.1, 0.15) is 27.0 Å². The van der Waals surface area contributed by atoms with E-state index in [-0.39, 0.29) is 17.0 Å². The SMILES string of the molecule is COC(=O)c1ccc(C)c(S(=O)(=O)NCc2ccc(C)cc2)c1. The molecule has 23 heavy (non-hydrogen) atoms. The molecule has 0 spiro atoms. The first-order valence-electron chi connectivity index (χ1n) is 7.07. The second-order valence-electron chi connectivity index (χ2n) is 5.28. The van der Waals surface area contributed by atoms with Gasteiger partial charge in [0, 0.05) is 6.54 Å². The zero-order valence-electron chi connectivity index (χ0n) is 13.3. The highest BCUT2D eigenvalue weighted by molar-refractivity contribution is 7.89. The average Bonchev–Trinajstić information content (AvgIpc) is 2.54. The Morgan fingerprint density at radius 3 is 2.35 bits per heavy atom. The van der Waals surface area contributed by atoms with Crippen LogP contribution in [0.3, 0.4) is 0 Å². The molecule has 0 heterocycles. The van der Waals surface area contributed by atoms with E-state index in [0.29, 0.717) is 5.56 Å². The van der Waals surface area contributed by atoms with Gasteiger partial charge in [0.05, 0.1) is 17.6 Å². The molecule has 5 nitrogen and oxygen atoms in total. The fourth-order valence-electron chi connectivity index (χ4n) is 2.10. The Bertz CT molecular complexity index is 811. The second kappa shape index (κ2) is 6.93. The lowest BCUT2D eigenvalue weighted by molar-refractivity contribution is 0.0600. The Kier molecular flexibility index (Phi) is 5.18. The van der Waals surface area contributed by atoms with Gasteiger partial charge in [0.25, 0.3) is 0 Å². The summed E-state index contributed by atoms with van der Waals surface area (Å²) in [4.78, 5) is 11.7. The van der Waals surface area contributed by atoms with E-state index in [1.807, 2.05) is 31.2 Å². The third-order valence-electron chi connectivity index (χ3n) is 3.49. The number of hydrogen-bond donors (Lipinski definition) is 1. The summed E-state index contributed by atoms with van der Waals surface area (Å²) in [6.07, 6.45) is 0. The Morgan fingerprint density at radius 1 is 1.09 bits per heavy atom. The van der Waals surface area contributed by atoms with Gasteiger partial charge in [0.15, 0.2) is 0 Å². The van der Waals surface area contributed by atoms with E-state index in [1.54, 1.807) is 19.1 Å². The summed E-state index contributed by atoms with van der Waals surface area (Å²) >= 11 is 0. The van der Waals surface area contributed by atoms with E-state index in [1.165, 1.54) is 13.2 Å². The molecule has 122 valence electrons. The molecular weight excluding hydrogens is 314 g/mol. The first-order chi connectivity index (χ1) is 10.8. The number of ether oxygens (including phenoxy) is 1. The number of carbonyl (C=O) groups excluding carboxylic acids is 1. The number of benzene rings is 2. The highest BCUT2D eigenvalue weighted by atomic mass is 32.2. The van der Waals surface area contributed by atoms with Gasteiger partial charge in [-0.25, -0.2) is 17.9 Å². The molecule has 1 N–H and O–H groups in total. The predicted molar refractivity (Wildman–Crippen MR) is 87.7 cm³/mol. The summed E-state index contributed by atoms with van der Waals surface area (Å²) in [6, 6.07) is 12.1. The van der Waals surface area contributed by atoms with Crippen LogP contribution in [0.25, 0.3) is 0 Å². The number of sulfonamides is 1. The van der Waals surface area contributed by atoms with Crippen molar-refractivity contribution in [1.82, 2.24) is 4.72 Å². The summed E-state index contributed by atoms with van der Waals surface area (Å²) < 4.78 is 32.2. The topological polar surface area (TPSA) is 72.5 Å². The van der Waals surface area contributed by atoms with E-state index in [2.05, 4.69) is 9.46 Å². The van der Waals surface area contributed by atoms with Gasteiger partial charge in [-0.1, -0.05) is 35.9 Å². The fraction of sp³-hybridized carbons (Fsp3) is 0.235. The summed E-state index contributed by atoms with van der Waals surface area (Å²) in [6.45, 7) is 3.83. The van der Waals surface area contributed by atoms with Crippen molar-refractivity contribution in [3.05, 3.63) is 64.7 Å². The molecule has 0 amide bonds. The summed E-state index contributed by atoms with van der Waals surface area (Å²) in [5, 5.41) is 0. The smallest absolute Gasteiger partial charge is 0.337 e. The lowest BCUT2D eigenvalue weighted by atomic mass is 10.1. The van der Waals surface area contributed by atoms with E-state index in [4.69, 9.17) is 0 Å². The number of rotatable bonds is 5. The quantitative estimate of drug-likeness (QED) is 0.854. The first kappa shape index (κ1) is 17.2. The largest absolute Gasteiger partial charge is 0.465 e. The van der Waals surface area contributed by atoms with Crippen molar-refractivity contribution in [3.63, 3.8) is 0 Å². The van der Waals surface area contributed by atoms with Crippen LogP contribution in [0, 0.1) is 13.8 Å². The zero-order valence-corrected chi connectivity index (χ0v) is 14.1. The standard InChI is InChI=1S/C17H19NO4S/c1-12-4-7-14(8-5-12)11-18-23(20,21)16-10-15(17(19)22-3)9-6-13(16)2/h4-10,18H,11H2,1-3H3. The van der Waals surface area contributed by atoms with Gasteiger partial charge in [0.2, 0.25) is 10.0 Å². The molecule has 0 bridgehead atoms. The third kappa shape index (κ3) is 4.18. The maximum atomic E-state index is 12.5. The molecule has 0 aromatic heterocycles. The molecule has 6 heteroatoms. The highest BCUT2D eigenvalue weighted by Gasteiger charge is 2.19. The molecular formula is C17H19NO4S. The van der Waals surface area contributed by atoms with Gasteiger partial charge in [-0.05, 0) is 37.1 Å². The molecule has 0 saturated heterocycles. The predicted octanol–water partition coefficient (Wildman–Crippen LogP) is 2.57. The minimum atomic E-state index is -3.72. The maximum absolute atomic E-state index is 12.5. The average molecular weight is 333 g/mol. The maximum Gasteiger partial charge on any atom is 0.337 e. The van der Waals surface area contributed by atoms with Crippen molar-refractivity contribution < 1.29 is 17.9 Å². The molecule has 0 unspecified atom stereocenters. The lowest BCUT2D eigenvalue weighted by Gasteiger charge is -2.11. The van der Waals surface area contributed by atoms with Gasteiger partial charge in [0.1, 0.15) is 0 Å². The van der Waals surface area contributed by atoms with Crippen LogP contribution in [0.5, 0.6) is 0 Å². The lowest BCUT2D eigenvalue weighted by Crippen LogP contribution is -2.24. The molecule has 0 aliphatic carbocycles. The van der Waals surface area contributed by atoms with Gasteiger partial charge in [-0.15, -0.1) is 0 Å². The second-order valence-corrected chi connectivity index (χ2v) is 7.02. The number of methoxy groups -OCH3 is 1. The van der Waals surface area contributed by atoms with Gasteiger partial charge in [-0.2, -0.15) is 0 Å². The van der Waals surface area contributed by atoms with Crippen molar-refractivity contribution in [2.45, 2.75) is 25.3 Å². The molecule has 2 aromatic rings. The molecule has 0 fully saturated rings. The Morgan fingerprint density at radius 2 is 1.74 bits per heavy atom. The van der Waals surface area contributed by atoms with Crippen molar-refractivity contribution in [2.75, 3.05) is 7.11 Å². The monoisotopic (exact) mass is 333 g/mol. The van der Waals surface area contributed by atoms with Gasteiger partial charge < -0.3 is 4.74 Å². The van der Waals surface area contributed by atoms with Crippen LogP contribution < -0.4 is 4.72 Å². The Balaban J connectivity index is 2.25. The van der Waals surface area contributed by atoms with Crippen molar-refractivity contribution in [1.29, 1.82) is 0 Å². The minimum absolute atomic E-state index is 0.0764. The van der Waals surface area contributed by atoms with Crippen LogP contribution >= 0.6 is 0 Å². The van der Waals surface area contributed by atoms with Crippen LogP contribution in [0.2, 0.25) is 0 Å². The number of carbonyl (C=O) groups is 1. The van der Waals surface area contributed by atoms with Crippen molar-refractivity contribution in [3.8, 4) is 0 Å². The summed E-state index contributed by atoms with van der Waals surface area (Å²) in [5.74, 6) is -0.569. The van der Waals surface area contributed by atoms with E-state index in [9.17, 15) is 13.2 Å². The van der Waals surface area contributed by atoms with E-state index in [0.717, 1.165) is 11.1 Å². The number of aryl methyl sites for hydroxylation is 2. The zero-order chi connectivity index (χ0) is 17.0. The van der Waals surface area contributed by atoms with Crippen LogP contribution in [-0.4, -0.2) is 21.5 Å². The van der Waals surface area contributed by atoms with Crippen molar-refractivity contribution in [2.24, 2.45) is 0 Å². The van der Waals surface area contributed by atoms with Gasteiger partial charge >= 0.3 is 5.97 Å². The molecule has 2 aromatic carbocycles. The van der Waals surface area contributed by atoms with Crippen LogP contribution in [-0.2, 0) is 21.3 Å². The minimum Gasteiger partial charge on any atom is -0.465 e. The van der Waals surface area contributed by atoms with Crippen LogP contribution in [0.15, 0.2) is 47.4 Å². The first-order valence-corrected chi connectivity index (χ1v) is 8.56. The molecule has 0 saturated carbocycles. The Hall–Kier alpha value is -2.18.